The highest BCUT2D eigenvalue weighted by Gasteiger charge is 2.03. The maximum absolute atomic E-state index is 8.46. The molecule has 10 heavy (non-hydrogen) atoms. The molecule has 0 atom stereocenters. The minimum atomic E-state index is -1.11. The van der Waals surface area contributed by atoms with Crippen LogP contribution in [0.5, 0.6) is 0 Å². The Kier molecular flexibility index (Phi) is 7.92. The van der Waals surface area contributed by atoms with Gasteiger partial charge >= 0.3 is 7.12 Å². The van der Waals surface area contributed by atoms with Crippen molar-refractivity contribution < 1.29 is 10.0 Å². The van der Waals surface area contributed by atoms with Crippen LogP contribution in [-0.2, 0) is 0 Å². The summed E-state index contributed by atoms with van der Waals surface area (Å²) in [4.78, 5) is 0. The van der Waals surface area contributed by atoms with Crippen LogP contribution in [0.1, 0.15) is 25.7 Å². The fraction of sp³-hybridized carbons (Fsp3) is 1.00. The summed E-state index contributed by atoms with van der Waals surface area (Å²) in [6, 6.07) is 0. The molecule has 60 valence electrons. The molecule has 0 fully saturated rings. The third-order valence-corrected chi connectivity index (χ3v) is 1.91. The first-order valence-electron chi connectivity index (χ1n) is 3.69. The van der Waals surface area contributed by atoms with E-state index in [1.165, 1.54) is 12.8 Å². The molecule has 0 aromatic rings. The fourth-order valence-corrected chi connectivity index (χ4v) is 1.17. The minimum Gasteiger partial charge on any atom is -0.427 e. The molecule has 0 aromatic carbocycles. The van der Waals surface area contributed by atoms with E-state index in [9.17, 15) is 0 Å². The first-order chi connectivity index (χ1) is 4.77. The van der Waals surface area contributed by atoms with E-state index < -0.39 is 7.12 Å². The van der Waals surface area contributed by atoms with Gasteiger partial charge < -0.3 is 10.0 Å². The second-order valence-electron chi connectivity index (χ2n) is 2.37. The van der Waals surface area contributed by atoms with E-state index in [1.54, 1.807) is 0 Å². The summed E-state index contributed by atoms with van der Waals surface area (Å²) in [5.41, 5.74) is 0. The van der Waals surface area contributed by atoms with E-state index in [2.05, 4.69) is 15.9 Å². The molecule has 0 aliphatic rings. The first kappa shape index (κ1) is 10.5. The van der Waals surface area contributed by atoms with Crippen LogP contribution < -0.4 is 0 Å². The van der Waals surface area contributed by atoms with Gasteiger partial charge in [-0.05, 0) is 12.7 Å². The number of hydrogen-bond donors (Lipinski definition) is 2. The van der Waals surface area contributed by atoms with Crippen molar-refractivity contribution in [3.05, 3.63) is 0 Å². The third kappa shape index (κ3) is 8.46. The average Bonchev–Trinajstić information content (AvgIpc) is 1.87. The molecular weight excluding hydrogens is 195 g/mol. The molecule has 0 saturated heterocycles. The van der Waals surface area contributed by atoms with E-state index in [0.29, 0.717) is 6.32 Å². The number of alkyl halides is 1. The molecule has 2 nitrogen and oxygen atoms in total. The van der Waals surface area contributed by atoms with Crippen LogP contribution in [0.25, 0.3) is 0 Å². The van der Waals surface area contributed by atoms with Crippen molar-refractivity contribution >= 4 is 23.0 Å². The van der Waals surface area contributed by atoms with Gasteiger partial charge in [-0.2, -0.15) is 0 Å². The summed E-state index contributed by atoms with van der Waals surface area (Å²) in [5.74, 6) is 0. The summed E-state index contributed by atoms with van der Waals surface area (Å²) in [6.07, 6.45) is 4.90. The quantitative estimate of drug-likeness (QED) is 0.394. The minimum absolute atomic E-state index is 0.516. The Morgan fingerprint density at radius 2 is 1.60 bits per heavy atom. The SMILES string of the molecule is OB(O)CCCCCCBr. The molecule has 0 bridgehead atoms. The Morgan fingerprint density at radius 1 is 1.00 bits per heavy atom. The van der Waals surface area contributed by atoms with Crippen LogP contribution in [-0.4, -0.2) is 22.5 Å². The van der Waals surface area contributed by atoms with Gasteiger partial charge in [0.25, 0.3) is 0 Å². The molecule has 0 unspecified atom stereocenters. The van der Waals surface area contributed by atoms with Crippen molar-refractivity contribution in [2.45, 2.75) is 32.0 Å². The monoisotopic (exact) mass is 208 g/mol. The van der Waals surface area contributed by atoms with Crippen molar-refractivity contribution in [3.8, 4) is 0 Å². The lowest BCUT2D eigenvalue weighted by molar-refractivity contribution is 0.401. The summed E-state index contributed by atoms with van der Waals surface area (Å²) in [5, 5.41) is 18.0. The van der Waals surface area contributed by atoms with Gasteiger partial charge in [-0.15, -0.1) is 0 Å². The van der Waals surface area contributed by atoms with Gasteiger partial charge in [0.2, 0.25) is 0 Å². The van der Waals surface area contributed by atoms with Gasteiger partial charge in [0.1, 0.15) is 0 Å². The average molecular weight is 209 g/mol. The summed E-state index contributed by atoms with van der Waals surface area (Å²) >= 11 is 3.33. The molecule has 0 saturated carbocycles. The molecule has 0 aliphatic heterocycles. The van der Waals surface area contributed by atoms with E-state index in [1.807, 2.05) is 0 Å². The predicted molar refractivity (Wildman–Crippen MR) is 47.3 cm³/mol. The largest absolute Gasteiger partial charge is 0.451 e. The van der Waals surface area contributed by atoms with E-state index in [-0.39, 0.29) is 0 Å². The zero-order valence-electron chi connectivity index (χ0n) is 6.09. The molecule has 0 rings (SSSR count). The van der Waals surface area contributed by atoms with Crippen molar-refractivity contribution in [1.82, 2.24) is 0 Å². The second kappa shape index (κ2) is 7.57. The van der Waals surface area contributed by atoms with Crippen LogP contribution in [0, 0.1) is 0 Å². The predicted octanol–water partition coefficient (Wildman–Crippen LogP) is 1.41. The molecular formula is C6H14BBrO2. The topological polar surface area (TPSA) is 40.5 Å². The molecule has 0 aromatic heterocycles. The summed E-state index contributed by atoms with van der Waals surface area (Å²) < 4.78 is 0. The van der Waals surface area contributed by atoms with Crippen LogP contribution >= 0.6 is 15.9 Å². The number of halogens is 1. The first-order valence-corrected chi connectivity index (χ1v) is 4.81. The third-order valence-electron chi connectivity index (χ3n) is 1.35. The molecule has 0 spiro atoms. The van der Waals surface area contributed by atoms with Crippen LogP contribution in [0.3, 0.4) is 0 Å². The van der Waals surface area contributed by atoms with Gasteiger partial charge in [-0.25, -0.2) is 0 Å². The van der Waals surface area contributed by atoms with Gasteiger partial charge in [0, 0.05) is 5.33 Å². The highest BCUT2D eigenvalue weighted by Crippen LogP contribution is 2.05. The molecule has 0 aliphatic carbocycles. The highest BCUT2D eigenvalue weighted by molar-refractivity contribution is 9.09. The zero-order valence-corrected chi connectivity index (χ0v) is 7.68. The number of unbranched alkanes of at least 4 members (excludes halogenated alkanes) is 3. The standard InChI is InChI=1S/C6H14BBrO2/c8-6-4-2-1-3-5-7(9)10/h9-10H,1-6H2. The lowest BCUT2D eigenvalue weighted by atomic mass is 9.83. The van der Waals surface area contributed by atoms with Crippen molar-refractivity contribution in [1.29, 1.82) is 0 Å². The lowest BCUT2D eigenvalue weighted by Crippen LogP contribution is -2.09. The summed E-state index contributed by atoms with van der Waals surface area (Å²) in [6.45, 7) is 0. The van der Waals surface area contributed by atoms with Crippen molar-refractivity contribution in [3.63, 3.8) is 0 Å². The highest BCUT2D eigenvalue weighted by atomic mass is 79.9. The molecule has 0 radical (unpaired) electrons. The Morgan fingerprint density at radius 3 is 2.10 bits per heavy atom. The Balaban J connectivity index is 2.77. The van der Waals surface area contributed by atoms with Crippen LogP contribution in [0.15, 0.2) is 0 Å². The molecule has 0 heterocycles. The van der Waals surface area contributed by atoms with Crippen molar-refractivity contribution in [2.75, 3.05) is 5.33 Å². The van der Waals surface area contributed by atoms with Crippen molar-refractivity contribution in [2.24, 2.45) is 0 Å². The van der Waals surface area contributed by atoms with Gasteiger partial charge in [-0.1, -0.05) is 35.2 Å². The van der Waals surface area contributed by atoms with E-state index >= 15 is 0 Å². The molecule has 2 N–H and O–H groups in total. The normalized spacial score (nSPS) is 9.90. The van der Waals surface area contributed by atoms with Gasteiger partial charge in [-0.3, -0.25) is 0 Å². The van der Waals surface area contributed by atoms with Crippen LogP contribution in [0.4, 0.5) is 0 Å². The number of hydrogen-bond acceptors (Lipinski definition) is 2. The van der Waals surface area contributed by atoms with Gasteiger partial charge in [0.05, 0.1) is 0 Å². The molecule has 4 heteroatoms. The lowest BCUT2D eigenvalue weighted by Gasteiger charge is -1.97. The molecule has 0 amide bonds. The number of rotatable bonds is 6. The van der Waals surface area contributed by atoms with E-state index in [0.717, 1.165) is 18.2 Å². The van der Waals surface area contributed by atoms with Gasteiger partial charge in [0.15, 0.2) is 0 Å². The van der Waals surface area contributed by atoms with E-state index in [4.69, 9.17) is 10.0 Å². The Bertz CT molecular complexity index is 70.8. The second-order valence-corrected chi connectivity index (χ2v) is 3.17. The summed E-state index contributed by atoms with van der Waals surface area (Å²) in [7, 11) is -1.11. The smallest absolute Gasteiger partial charge is 0.427 e. The van der Waals surface area contributed by atoms with Crippen LogP contribution in [0.2, 0.25) is 6.32 Å². The Hall–Kier alpha value is 0.465. The fourth-order valence-electron chi connectivity index (χ4n) is 0.775. The maximum Gasteiger partial charge on any atom is 0.451 e. The Labute approximate surface area is 70.9 Å². The maximum atomic E-state index is 8.46. The zero-order chi connectivity index (χ0) is 7.82.